The molecular formula is C32H26BrIN2O4S2. The summed E-state index contributed by atoms with van der Waals surface area (Å²) in [5.74, 6) is 0.154. The number of carbonyl (C=O) groups excluding carboxylic acids is 1. The Morgan fingerprint density at radius 1 is 1.19 bits per heavy atom. The summed E-state index contributed by atoms with van der Waals surface area (Å²) in [4.78, 5) is 34.3. The molecule has 1 aliphatic rings. The first-order chi connectivity index (χ1) is 20.4. The lowest BCUT2D eigenvalue weighted by atomic mass is 9.93. The molecule has 0 fully saturated rings. The van der Waals surface area contributed by atoms with Gasteiger partial charge in [0.05, 0.1) is 32.0 Å². The topological polar surface area (TPSA) is 69.9 Å². The van der Waals surface area contributed by atoms with Crippen molar-refractivity contribution in [1.29, 1.82) is 0 Å². The molecule has 10 heteroatoms. The predicted molar refractivity (Wildman–Crippen MR) is 182 cm³/mol. The number of thiazole rings is 1. The maximum Gasteiger partial charge on any atom is 0.338 e. The van der Waals surface area contributed by atoms with Gasteiger partial charge in [0.2, 0.25) is 0 Å². The van der Waals surface area contributed by atoms with Crippen LogP contribution in [-0.2, 0) is 9.53 Å². The van der Waals surface area contributed by atoms with Gasteiger partial charge in [-0.25, -0.2) is 9.79 Å². The Morgan fingerprint density at radius 3 is 2.60 bits per heavy atom. The van der Waals surface area contributed by atoms with Gasteiger partial charge in [-0.1, -0.05) is 82.4 Å². The van der Waals surface area contributed by atoms with Gasteiger partial charge in [-0.2, -0.15) is 0 Å². The molecule has 6 nitrogen and oxygen atoms in total. The van der Waals surface area contributed by atoms with E-state index < -0.39 is 12.0 Å². The predicted octanol–water partition coefficient (Wildman–Crippen LogP) is 6.59. The molecule has 4 aromatic rings. The van der Waals surface area contributed by atoms with Crippen molar-refractivity contribution in [3.63, 3.8) is 0 Å². The molecule has 0 unspecified atom stereocenters. The number of rotatable bonds is 9. The number of hydrogen-bond acceptors (Lipinski definition) is 7. The lowest BCUT2D eigenvalue weighted by Gasteiger charge is -2.26. The van der Waals surface area contributed by atoms with E-state index in [2.05, 4.69) is 45.1 Å². The Labute approximate surface area is 273 Å². The molecule has 214 valence electrons. The molecule has 0 saturated heterocycles. The van der Waals surface area contributed by atoms with Gasteiger partial charge in [0.1, 0.15) is 12.4 Å². The Bertz CT molecular complexity index is 1870. The molecule has 0 N–H and O–H groups in total. The van der Waals surface area contributed by atoms with Crippen LogP contribution in [0, 0.1) is 3.57 Å². The zero-order valence-electron chi connectivity index (χ0n) is 22.8. The minimum absolute atomic E-state index is 0.196. The molecule has 1 aromatic heterocycles. The summed E-state index contributed by atoms with van der Waals surface area (Å²) in [5.41, 5.74) is 2.87. The number of carbonyl (C=O) groups is 1. The molecule has 0 spiro atoms. The van der Waals surface area contributed by atoms with E-state index in [1.165, 1.54) is 11.3 Å². The van der Waals surface area contributed by atoms with Crippen molar-refractivity contribution in [1.82, 2.24) is 4.57 Å². The van der Waals surface area contributed by atoms with Crippen LogP contribution in [0.2, 0.25) is 0 Å². The standard InChI is InChI=1S/C32H26BrIN2O4S2/c1-4-15-40-29-21(16-22(33)18-24(29)34)17-25-30(37)36-28(20-11-13-23(41-3)14-12-20)26(31(38)39-5-2)27(35-32(36)42-25)19-9-7-6-8-10-19/h4,6-14,16-18,28H,1,5,15H2,2-3H3/b25-17-/t28-/m0/s1. The highest BCUT2D eigenvalue weighted by molar-refractivity contribution is 14.1. The number of fused-ring (bicyclic) bond motifs is 1. The second-order valence-electron chi connectivity index (χ2n) is 9.11. The SMILES string of the molecule is C=CCOc1c(I)cc(Br)cc1/C=c1\sc2n(c1=O)[C@@H](c1ccc(SC)cc1)C(C(=O)OCC)=C(c1ccccc1)N=2. The van der Waals surface area contributed by atoms with Gasteiger partial charge >= 0.3 is 5.97 Å². The smallest absolute Gasteiger partial charge is 0.338 e. The number of thioether (sulfide) groups is 1. The van der Waals surface area contributed by atoms with Gasteiger partial charge in [0.25, 0.3) is 5.56 Å². The Kier molecular flexibility index (Phi) is 9.87. The van der Waals surface area contributed by atoms with Crippen molar-refractivity contribution in [3.8, 4) is 5.75 Å². The first-order valence-electron chi connectivity index (χ1n) is 13.0. The van der Waals surface area contributed by atoms with Crippen LogP contribution in [0.1, 0.15) is 29.7 Å². The van der Waals surface area contributed by atoms with Crippen LogP contribution >= 0.6 is 61.6 Å². The van der Waals surface area contributed by atoms with Crippen molar-refractivity contribution in [2.24, 2.45) is 4.99 Å². The number of aromatic nitrogens is 1. The van der Waals surface area contributed by atoms with Crippen LogP contribution in [0.3, 0.4) is 0 Å². The number of halogens is 2. The zero-order valence-corrected chi connectivity index (χ0v) is 28.2. The number of ether oxygens (including phenoxy) is 2. The molecule has 1 aliphatic heterocycles. The van der Waals surface area contributed by atoms with E-state index in [4.69, 9.17) is 14.5 Å². The molecule has 3 aromatic carbocycles. The molecule has 1 atom stereocenters. The van der Waals surface area contributed by atoms with Crippen molar-refractivity contribution in [3.05, 3.63) is 129 Å². The molecule has 0 bridgehead atoms. The summed E-state index contributed by atoms with van der Waals surface area (Å²) in [6.07, 6.45) is 5.51. The van der Waals surface area contributed by atoms with E-state index in [0.29, 0.717) is 33.0 Å². The molecule has 2 heterocycles. The Balaban J connectivity index is 1.82. The minimum atomic E-state index is -0.729. The second kappa shape index (κ2) is 13.6. The number of nitrogens with zero attached hydrogens (tertiary/aromatic N) is 2. The van der Waals surface area contributed by atoms with E-state index >= 15 is 0 Å². The van der Waals surface area contributed by atoms with Crippen LogP contribution in [0.15, 0.2) is 104 Å². The fraction of sp³-hybridized carbons (Fsp3) is 0.156. The first-order valence-corrected chi connectivity index (χ1v) is 16.9. The van der Waals surface area contributed by atoms with Crippen molar-refractivity contribution in [2.45, 2.75) is 17.9 Å². The summed E-state index contributed by atoms with van der Waals surface area (Å²) in [6.45, 7) is 6.05. The number of benzene rings is 3. The maximum absolute atomic E-state index is 14.2. The van der Waals surface area contributed by atoms with Crippen LogP contribution in [0.4, 0.5) is 0 Å². The van der Waals surface area contributed by atoms with E-state index in [9.17, 15) is 9.59 Å². The normalized spacial score (nSPS) is 14.8. The molecule has 5 rings (SSSR count). The van der Waals surface area contributed by atoms with Crippen molar-refractivity contribution in [2.75, 3.05) is 19.5 Å². The van der Waals surface area contributed by atoms with Crippen LogP contribution in [0.25, 0.3) is 11.8 Å². The largest absolute Gasteiger partial charge is 0.488 e. The van der Waals surface area contributed by atoms with Crippen molar-refractivity contribution >= 4 is 79.4 Å². The Hall–Kier alpha value is -2.93. The molecular weight excluding hydrogens is 747 g/mol. The number of esters is 1. The van der Waals surface area contributed by atoms with Gasteiger partial charge in [-0.15, -0.1) is 11.8 Å². The average Bonchev–Trinajstić information content (AvgIpc) is 3.30. The zero-order chi connectivity index (χ0) is 29.8. The lowest BCUT2D eigenvalue weighted by molar-refractivity contribution is -0.138. The fourth-order valence-corrected chi connectivity index (χ4v) is 7.77. The second-order valence-corrected chi connectivity index (χ2v) is 13.1. The third-order valence-electron chi connectivity index (χ3n) is 6.47. The lowest BCUT2D eigenvalue weighted by Crippen LogP contribution is -2.40. The molecule has 0 saturated carbocycles. The molecule has 0 radical (unpaired) electrons. The summed E-state index contributed by atoms with van der Waals surface area (Å²) >= 11 is 8.69. The van der Waals surface area contributed by atoms with Gasteiger partial charge in [-0.3, -0.25) is 9.36 Å². The molecule has 0 amide bonds. The quantitative estimate of drug-likeness (QED) is 0.0832. The third-order valence-corrected chi connectivity index (χ3v) is 9.46. The van der Waals surface area contributed by atoms with Crippen molar-refractivity contribution < 1.29 is 14.3 Å². The summed E-state index contributed by atoms with van der Waals surface area (Å²) in [5, 5.41) is 0. The van der Waals surface area contributed by atoms with E-state index in [0.717, 1.165) is 29.6 Å². The van der Waals surface area contributed by atoms with Gasteiger partial charge < -0.3 is 9.47 Å². The highest BCUT2D eigenvalue weighted by Crippen LogP contribution is 2.36. The Morgan fingerprint density at radius 2 is 1.93 bits per heavy atom. The van der Waals surface area contributed by atoms with Gasteiger partial charge in [0.15, 0.2) is 4.80 Å². The van der Waals surface area contributed by atoms with E-state index in [1.807, 2.05) is 79.1 Å². The highest BCUT2D eigenvalue weighted by atomic mass is 127. The summed E-state index contributed by atoms with van der Waals surface area (Å²) in [6, 6.07) is 20.6. The fourth-order valence-electron chi connectivity index (χ4n) is 4.67. The monoisotopic (exact) mass is 772 g/mol. The number of hydrogen-bond donors (Lipinski definition) is 0. The molecule has 0 aliphatic carbocycles. The van der Waals surface area contributed by atoms with Crippen LogP contribution in [-0.4, -0.2) is 30.0 Å². The van der Waals surface area contributed by atoms with Crippen LogP contribution < -0.4 is 19.6 Å². The highest BCUT2D eigenvalue weighted by Gasteiger charge is 2.35. The molecule has 42 heavy (non-hydrogen) atoms. The summed E-state index contributed by atoms with van der Waals surface area (Å²) in [7, 11) is 0. The first kappa shape index (κ1) is 30.5. The van der Waals surface area contributed by atoms with Gasteiger partial charge in [-0.05, 0) is 71.7 Å². The third kappa shape index (κ3) is 6.22. The van der Waals surface area contributed by atoms with Crippen LogP contribution in [0.5, 0.6) is 5.75 Å². The van der Waals surface area contributed by atoms with E-state index in [-0.39, 0.29) is 12.2 Å². The average molecular weight is 774 g/mol. The summed E-state index contributed by atoms with van der Waals surface area (Å²) < 4.78 is 15.4. The van der Waals surface area contributed by atoms with E-state index in [1.54, 1.807) is 29.3 Å². The van der Waals surface area contributed by atoms with Gasteiger partial charge in [0, 0.05) is 20.5 Å². The minimum Gasteiger partial charge on any atom is -0.488 e. The maximum atomic E-state index is 14.2.